The van der Waals surface area contributed by atoms with Gasteiger partial charge in [0.15, 0.2) is 0 Å². The Morgan fingerprint density at radius 1 is 1.19 bits per heavy atom. The molecule has 0 aliphatic heterocycles. The lowest BCUT2D eigenvalue weighted by Crippen LogP contribution is -2.22. The predicted molar refractivity (Wildman–Crippen MR) is 89.3 cm³/mol. The number of methoxy groups -OCH3 is 2. The minimum absolute atomic E-state index is 0.753. The molecule has 114 valence electrons. The number of aryl methyl sites for hydroxylation is 1. The van der Waals surface area contributed by atoms with Crippen LogP contribution in [0.2, 0.25) is 0 Å². The van der Waals surface area contributed by atoms with Crippen molar-refractivity contribution in [2.45, 2.75) is 13.5 Å². The van der Waals surface area contributed by atoms with E-state index in [0.29, 0.717) is 0 Å². The van der Waals surface area contributed by atoms with Crippen molar-refractivity contribution < 1.29 is 9.47 Å². The number of likely N-dealkylation sites (N-methyl/N-ethyl adjacent to an activating group) is 1. The monoisotopic (exact) mass is 305 g/mol. The van der Waals surface area contributed by atoms with Gasteiger partial charge in [0.05, 0.1) is 13.7 Å². The fourth-order valence-electron chi connectivity index (χ4n) is 2.30. The predicted octanol–water partition coefficient (Wildman–Crippen LogP) is 3.81. The maximum Gasteiger partial charge on any atom is 0.126 e. The Bertz CT molecular complexity index is 580. The summed E-state index contributed by atoms with van der Waals surface area (Å²) in [5.74, 6) is 0.927. The van der Waals surface area contributed by atoms with Crippen molar-refractivity contribution >= 4 is 11.3 Å². The summed E-state index contributed by atoms with van der Waals surface area (Å²) in [6.07, 6.45) is 0. The number of hydrogen-bond donors (Lipinski definition) is 0. The van der Waals surface area contributed by atoms with Crippen molar-refractivity contribution in [3.8, 4) is 16.9 Å². The quantitative estimate of drug-likeness (QED) is 0.776. The van der Waals surface area contributed by atoms with Gasteiger partial charge in [-0.15, -0.1) is 11.3 Å². The van der Waals surface area contributed by atoms with E-state index in [-0.39, 0.29) is 0 Å². The van der Waals surface area contributed by atoms with Crippen molar-refractivity contribution in [1.29, 1.82) is 0 Å². The van der Waals surface area contributed by atoms with E-state index in [9.17, 15) is 0 Å². The smallest absolute Gasteiger partial charge is 0.126 e. The maximum atomic E-state index is 5.50. The summed E-state index contributed by atoms with van der Waals surface area (Å²) < 4.78 is 10.6. The molecular formula is C17H23NO2S. The number of nitrogens with zero attached hydrogens (tertiary/aromatic N) is 1. The van der Waals surface area contributed by atoms with Crippen LogP contribution in [0.1, 0.15) is 10.4 Å². The van der Waals surface area contributed by atoms with Gasteiger partial charge in [-0.3, -0.25) is 4.90 Å². The molecule has 2 aromatic rings. The highest BCUT2D eigenvalue weighted by Gasteiger charge is 2.10. The molecule has 1 heterocycles. The Labute approximate surface area is 131 Å². The van der Waals surface area contributed by atoms with Crippen LogP contribution in [-0.2, 0) is 11.3 Å². The number of benzene rings is 1. The second-order valence-corrected chi connectivity index (χ2v) is 6.33. The van der Waals surface area contributed by atoms with Crippen LogP contribution < -0.4 is 4.74 Å². The third kappa shape index (κ3) is 4.30. The lowest BCUT2D eigenvalue weighted by atomic mass is 10.0. The van der Waals surface area contributed by atoms with Gasteiger partial charge in [-0.25, -0.2) is 0 Å². The first-order chi connectivity index (χ1) is 10.1. The zero-order valence-electron chi connectivity index (χ0n) is 13.2. The Morgan fingerprint density at radius 3 is 2.62 bits per heavy atom. The van der Waals surface area contributed by atoms with Crippen molar-refractivity contribution in [2.24, 2.45) is 0 Å². The minimum atomic E-state index is 0.753. The van der Waals surface area contributed by atoms with Crippen LogP contribution in [0.5, 0.6) is 5.75 Å². The topological polar surface area (TPSA) is 21.7 Å². The van der Waals surface area contributed by atoms with Crippen LogP contribution in [0.25, 0.3) is 11.1 Å². The Morgan fingerprint density at radius 2 is 2.00 bits per heavy atom. The molecule has 0 amide bonds. The first kappa shape index (κ1) is 16.0. The summed E-state index contributed by atoms with van der Waals surface area (Å²) in [6.45, 7) is 4.71. The molecule has 0 fully saturated rings. The van der Waals surface area contributed by atoms with Crippen molar-refractivity contribution in [2.75, 3.05) is 34.4 Å². The third-order valence-electron chi connectivity index (χ3n) is 3.44. The van der Waals surface area contributed by atoms with Gasteiger partial charge in [-0.05, 0) is 48.7 Å². The van der Waals surface area contributed by atoms with Gasteiger partial charge in [-0.2, -0.15) is 0 Å². The van der Waals surface area contributed by atoms with Gasteiger partial charge in [0.1, 0.15) is 5.75 Å². The lowest BCUT2D eigenvalue weighted by molar-refractivity contribution is 0.158. The summed E-state index contributed by atoms with van der Waals surface area (Å²) in [7, 11) is 5.57. The van der Waals surface area contributed by atoms with E-state index in [1.807, 2.05) is 0 Å². The number of thiophene rings is 1. The van der Waals surface area contributed by atoms with E-state index in [2.05, 4.69) is 48.5 Å². The van der Waals surface area contributed by atoms with E-state index in [1.54, 1.807) is 25.6 Å². The SMILES string of the molecule is COCCN(C)Cc1ccc(OC)c(-c2csc(C)c2)c1. The zero-order valence-corrected chi connectivity index (χ0v) is 14.0. The molecule has 0 atom stereocenters. The molecule has 0 saturated carbocycles. The minimum Gasteiger partial charge on any atom is -0.496 e. The van der Waals surface area contributed by atoms with E-state index >= 15 is 0 Å². The fourth-order valence-corrected chi connectivity index (χ4v) is 3.00. The Kier molecular flexibility index (Phi) is 5.79. The van der Waals surface area contributed by atoms with Crippen LogP contribution >= 0.6 is 11.3 Å². The molecule has 0 N–H and O–H groups in total. The first-order valence-electron chi connectivity index (χ1n) is 7.04. The van der Waals surface area contributed by atoms with Gasteiger partial charge in [-0.1, -0.05) is 6.07 Å². The molecule has 3 nitrogen and oxygen atoms in total. The molecule has 1 aromatic heterocycles. The van der Waals surface area contributed by atoms with Gasteiger partial charge in [0.25, 0.3) is 0 Å². The largest absolute Gasteiger partial charge is 0.496 e. The molecule has 0 radical (unpaired) electrons. The average molecular weight is 305 g/mol. The van der Waals surface area contributed by atoms with Crippen LogP contribution in [0, 0.1) is 6.92 Å². The van der Waals surface area contributed by atoms with E-state index in [4.69, 9.17) is 9.47 Å². The number of hydrogen-bond acceptors (Lipinski definition) is 4. The molecular weight excluding hydrogens is 282 g/mol. The molecule has 0 aliphatic carbocycles. The maximum absolute atomic E-state index is 5.50. The van der Waals surface area contributed by atoms with Crippen molar-refractivity contribution in [3.63, 3.8) is 0 Å². The number of rotatable bonds is 7. The van der Waals surface area contributed by atoms with Gasteiger partial charge < -0.3 is 9.47 Å². The highest BCUT2D eigenvalue weighted by Crippen LogP contribution is 2.33. The highest BCUT2D eigenvalue weighted by molar-refractivity contribution is 7.10. The van der Waals surface area contributed by atoms with E-state index < -0.39 is 0 Å². The molecule has 2 rings (SSSR count). The number of ether oxygens (including phenoxy) is 2. The lowest BCUT2D eigenvalue weighted by Gasteiger charge is -2.17. The van der Waals surface area contributed by atoms with Crippen LogP contribution in [0.3, 0.4) is 0 Å². The van der Waals surface area contributed by atoms with Gasteiger partial charge in [0, 0.05) is 30.6 Å². The fraction of sp³-hybridized carbons (Fsp3) is 0.412. The Hall–Kier alpha value is -1.36. The van der Waals surface area contributed by atoms with E-state index in [1.165, 1.54) is 21.6 Å². The first-order valence-corrected chi connectivity index (χ1v) is 7.92. The highest BCUT2D eigenvalue weighted by atomic mass is 32.1. The summed E-state index contributed by atoms with van der Waals surface area (Å²) in [5, 5.41) is 2.19. The summed E-state index contributed by atoms with van der Waals surface area (Å²) in [4.78, 5) is 3.57. The molecule has 0 bridgehead atoms. The zero-order chi connectivity index (χ0) is 15.2. The molecule has 0 aliphatic rings. The average Bonchev–Trinajstić information content (AvgIpc) is 2.91. The molecule has 0 spiro atoms. The third-order valence-corrected chi connectivity index (χ3v) is 4.30. The van der Waals surface area contributed by atoms with Gasteiger partial charge >= 0.3 is 0 Å². The van der Waals surface area contributed by atoms with Crippen LogP contribution in [-0.4, -0.2) is 39.3 Å². The second kappa shape index (κ2) is 7.59. The summed E-state index contributed by atoms with van der Waals surface area (Å²) in [6, 6.07) is 8.62. The normalized spacial score (nSPS) is 11.1. The second-order valence-electron chi connectivity index (χ2n) is 5.21. The molecule has 21 heavy (non-hydrogen) atoms. The summed E-state index contributed by atoms with van der Waals surface area (Å²) in [5.41, 5.74) is 3.68. The van der Waals surface area contributed by atoms with E-state index in [0.717, 1.165) is 25.4 Å². The molecule has 0 unspecified atom stereocenters. The van der Waals surface area contributed by atoms with Crippen molar-refractivity contribution in [1.82, 2.24) is 4.90 Å². The molecule has 4 heteroatoms. The Balaban J connectivity index is 2.21. The van der Waals surface area contributed by atoms with Gasteiger partial charge in [0.2, 0.25) is 0 Å². The standard InChI is InChI=1S/C17H23NO2S/c1-13-9-15(12-21-13)16-10-14(5-6-17(16)20-4)11-18(2)7-8-19-3/h5-6,9-10,12H,7-8,11H2,1-4H3. The molecule has 0 saturated heterocycles. The van der Waals surface area contributed by atoms with Crippen LogP contribution in [0.15, 0.2) is 29.6 Å². The van der Waals surface area contributed by atoms with Crippen molar-refractivity contribution in [3.05, 3.63) is 40.1 Å². The van der Waals surface area contributed by atoms with Crippen LogP contribution in [0.4, 0.5) is 0 Å². The molecule has 1 aromatic carbocycles. The summed E-state index contributed by atoms with van der Waals surface area (Å²) >= 11 is 1.77.